The number of esters is 1. The largest absolute Gasteiger partial charge is 0.496 e. The number of nitrogens with zero attached hydrogens (tertiary/aromatic N) is 3. The third-order valence-electron chi connectivity index (χ3n) is 6.96. The van der Waals surface area contributed by atoms with Crippen molar-refractivity contribution >= 4 is 29.5 Å². The number of aromatic amines is 1. The minimum Gasteiger partial charge on any atom is -0.496 e. The highest BCUT2D eigenvalue weighted by molar-refractivity contribution is 7.98. The van der Waals surface area contributed by atoms with E-state index >= 15 is 0 Å². The van der Waals surface area contributed by atoms with Crippen molar-refractivity contribution in [3.05, 3.63) is 48.0 Å². The number of hydrogen-bond donors (Lipinski definition) is 2. The lowest BCUT2D eigenvalue weighted by molar-refractivity contribution is -0.145. The molecule has 11 heteroatoms. The molecule has 214 valence electrons. The van der Waals surface area contributed by atoms with Crippen molar-refractivity contribution in [3.63, 3.8) is 0 Å². The van der Waals surface area contributed by atoms with E-state index in [1.807, 2.05) is 40.3 Å². The van der Waals surface area contributed by atoms with E-state index in [4.69, 9.17) is 9.47 Å². The number of rotatable bonds is 15. The summed E-state index contributed by atoms with van der Waals surface area (Å²) in [7, 11) is 2.96. The van der Waals surface area contributed by atoms with Gasteiger partial charge in [-0.1, -0.05) is 18.2 Å². The Labute approximate surface area is 235 Å². The number of carbonyl (C=O) groups is 3. The maximum absolute atomic E-state index is 13.2. The lowest BCUT2D eigenvalue weighted by atomic mass is 10.00. The van der Waals surface area contributed by atoms with Crippen LogP contribution in [0, 0.1) is 0 Å². The standard InChI is InChI=1S/C28H41N5O5S/c1-37-25-10-5-4-8-21(25)17-32(19-26(34)31-24(13-15-39-3)28(36)38-2)18-23-9-6-7-14-33(23)27(35)12-11-22-16-29-20-30-22/h4-5,8,10,16,20,23-24H,6-7,9,11-15,17-19H2,1-3H3,(H,29,30)(H,31,34)/t23-,24?/m0/s1. The van der Waals surface area contributed by atoms with Crippen molar-refractivity contribution in [2.24, 2.45) is 0 Å². The van der Waals surface area contributed by atoms with Crippen LogP contribution in [0.2, 0.25) is 0 Å². The fraction of sp³-hybridized carbons (Fsp3) is 0.571. The summed E-state index contributed by atoms with van der Waals surface area (Å²) < 4.78 is 10.5. The normalized spacial score (nSPS) is 16.1. The van der Waals surface area contributed by atoms with Gasteiger partial charge in [-0.3, -0.25) is 14.5 Å². The van der Waals surface area contributed by atoms with Gasteiger partial charge < -0.3 is 24.7 Å². The molecule has 2 atom stereocenters. The van der Waals surface area contributed by atoms with Crippen LogP contribution < -0.4 is 10.1 Å². The van der Waals surface area contributed by atoms with Gasteiger partial charge in [-0.2, -0.15) is 11.8 Å². The number of ether oxygens (including phenoxy) is 2. The summed E-state index contributed by atoms with van der Waals surface area (Å²) in [5, 5.41) is 2.86. The van der Waals surface area contributed by atoms with Crippen molar-refractivity contribution in [1.82, 2.24) is 25.1 Å². The fourth-order valence-corrected chi connectivity index (χ4v) is 5.42. The second-order valence-electron chi connectivity index (χ2n) is 9.72. The first kappa shape index (κ1) is 30.5. The molecule has 2 amide bonds. The Bertz CT molecular complexity index is 1050. The number of aromatic nitrogens is 2. The summed E-state index contributed by atoms with van der Waals surface area (Å²) >= 11 is 1.61. The van der Waals surface area contributed by atoms with E-state index in [-0.39, 0.29) is 24.4 Å². The van der Waals surface area contributed by atoms with Gasteiger partial charge in [-0.05, 0) is 50.2 Å². The maximum Gasteiger partial charge on any atom is 0.328 e. The molecular formula is C28H41N5O5S. The molecule has 1 unspecified atom stereocenters. The molecule has 10 nitrogen and oxygen atoms in total. The molecule has 1 fully saturated rings. The molecule has 39 heavy (non-hydrogen) atoms. The summed E-state index contributed by atoms with van der Waals surface area (Å²) in [5.41, 5.74) is 1.89. The van der Waals surface area contributed by atoms with E-state index in [0.717, 1.165) is 42.0 Å². The van der Waals surface area contributed by atoms with Crippen LogP contribution in [0.1, 0.15) is 43.4 Å². The number of imidazole rings is 1. The lowest BCUT2D eigenvalue weighted by Gasteiger charge is -2.39. The minimum absolute atomic E-state index is 0.0107. The number of aryl methyl sites for hydroxylation is 1. The van der Waals surface area contributed by atoms with E-state index in [9.17, 15) is 14.4 Å². The third-order valence-corrected chi connectivity index (χ3v) is 7.61. The quantitative estimate of drug-likeness (QED) is 0.320. The smallest absolute Gasteiger partial charge is 0.328 e. The van der Waals surface area contributed by atoms with Gasteiger partial charge in [0.05, 0.1) is 27.1 Å². The summed E-state index contributed by atoms with van der Waals surface area (Å²) in [6.07, 6.45) is 9.70. The first-order valence-corrected chi connectivity index (χ1v) is 14.8. The zero-order valence-electron chi connectivity index (χ0n) is 23.2. The van der Waals surface area contributed by atoms with Crippen LogP contribution in [0.4, 0.5) is 0 Å². The Morgan fingerprint density at radius 2 is 2.08 bits per heavy atom. The number of H-pyrrole nitrogens is 1. The molecule has 2 heterocycles. The molecule has 2 aromatic rings. The molecule has 1 aromatic heterocycles. The summed E-state index contributed by atoms with van der Waals surface area (Å²) in [6.45, 7) is 1.80. The first-order chi connectivity index (χ1) is 18.9. The molecule has 0 bridgehead atoms. The third kappa shape index (κ3) is 9.58. The minimum atomic E-state index is -0.696. The number of nitrogens with one attached hydrogen (secondary N) is 2. The predicted molar refractivity (Wildman–Crippen MR) is 151 cm³/mol. The number of thioether (sulfide) groups is 1. The topological polar surface area (TPSA) is 117 Å². The van der Waals surface area contributed by atoms with Crippen LogP contribution in [-0.4, -0.2) is 95.5 Å². The zero-order valence-corrected chi connectivity index (χ0v) is 24.0. The van der Waals surface area contributed by atoms with Crippen LogP contribution in [-0.2, 0) is 32.1 Å². The second-order valence-corrected chi connectivity index (χ2v) is 10.7. The van der Waals surface area contributed by atoms with Crippen molar-refractivity contribution in [3.8, 4) is 5.75 Å². The highest BCUT2D eigenvalue weighted by atomic mass is 32.2. The Morgan fingerprint density at radius 1 is 1.26 bits per heavy atom. The number of carbonyl (C=O) groups excluding carboxylic acids is 3. The van der Waals surface area contributed by atoms with Crippen LogP contribution >= 0.6 is 11.8 Å². The molecule has 1 aliphatic heterocycles. The van der Waals surface area contributed by atoms with Gasteiger partial charge in [0.15, 0.2) is 0 Å². The van der Waals surface area contributed by atoms with Crippen molar-refractivity contribution < 1.29 is 23.9 Å². The van der Waals surface area contributed by atoms with Crippen molar-refractivity contribution in [1.29, 1.82) is 0 Å². The molecule has 2 N–H and O–H groups in total. The van der Waals surface area contributed by atoms with Gasteiger partial charge in [0.1, 0.15) is 11.8 Å². The number of likely N-dealkylation sites (tertiary alicyclic amines) is 1. The number of piperidine rings is 1. The van der Waals surface area contributed by atoms with Crippen LogP contribution in [0.15, 0.2) is 36.8 Å². The zero-order chi connectivity index (χ0) is 28.0. The predicted octanol–water partition coefficient (Wildman–Crippen LogP) is 2.65. The van der Waals surface area contributed by atoms with Crippen LogP contribution in [0.3, 0.4) is 0 Å². The highest BCUT2D eigenvalue weighted by Gasteiger charge is 2.30. The van der Waals surface area contributed by atoms with E-state index in [1.165, 1.54) is 7.11 Å². The SMILES string of the molecule is COC(=O)C(CCSC)NC(=O)CN(Cc1ccccc1OC)C[C@@H]1CCCCN1C(=O)CCc1cnc[nH]1. The number of benzene rings is 1. The van der Waals surface area contributed by atoms with E-state index in [0.29, 0.717) is 38.9 Å². The summed E-state index contributed by atoms with van der Waals surface area (Å²) in [5.74, 6) is 0.873. The Balaban J connectivity index is 1.73. The molecule has 0 saturated carbocycles. The molecule has 0 radical (unpaired) electrons. The van der Waals surface area contributed by atoms with Gasteiger partial charge in [-0.25, -0.2) is 9.78 Å². The average molecular weight is 560 g/mol. The molecular weight excluding hydrogens is 518 g/mol. The van der Waals surface area contributed by atoms with Crippen LogP contribution in [0.25, 0.3) is 0 Å². The van der Waals surface area contributed by atoms with Gasteiger partial charge >= 0.3 is 5.97 Å². The number of para-hydroxylation sites is 1. The van der Waals surface area contributed by atoms with Gasteiger partial charge in [0.2, 0.25) is 11.8 Å². The molecule has 1 saturated heterocycles. The van der Waals surface area contributed by atoms with E-state index < -0.39 is 12.0 Å². The molecule has 1 aliphatic rings. The first-order valence-electron chi connectivity index (χ1n) is 13.4. The van der Waals surface area contributed by atoms with Crippen LogP contribution in [0.5, 0.6) is 5.75 Å². The maximum atomic E-state index is 13.2. The second kappa shape index (κ2) is 16.1. The molecule has 0 aliphatic carbocycles. The summed E-state index contributed by atoms with van der Waals surface area (Å²) in [6, 6.07) is 7.02. The van der Waals surface area contributed by atoms with E-state index in [2.05, 4.69) is 15.3 Å². The molecule has 0 spiro atoms. The average Bonchev–Trinajstić information content (AvgIpc) is 3.48. The Morgan fingerprint density at radius 3 is 2.79 bits per heavy atom. The Kier molecular flexibility index (Phi) is 12.6. The van der Waals surface area contributed by atoms with Gasteiger partial charge in [0.25, 0.3) is 0 Å². The van der Waals surface area contributed by atoms with Crippen molar-refractivity contribution in [2.75, 3.05) is 45.9 Å². The Hall–Kier alpha value is -3.05. The summed E-state index contributed by atoms with van der Waals surface area (Å²) in [4.78, 5) is 49.8. The van der Waals surface area contributed by atoms with Gasteiger partial charge in [0, 0.05) is 49.6 Å². The number of methoxy groups -OCH3 is 2. The fourth-order valence-electron chi connectivity index (χ4n) is 4.95. The molecule has 1 aromatic carbocycles. The monoisotopic (exact) mass is 559 g/mol. The lowest BCUT2D eigenvalue weighted by Crippen LogP contribution is -2.52. The molecule has 3 rings (SSSR count). The number of amides is 2. The highest BCUT2D eigenvalue weighted by Crippen LogP contribution is 2.23. The van der Waals surface area contributed by atoms with Crippen molar-refractivity contribution in [2.45, 2.75) is 57.2 Å². The van der Waals surface area contributed by atoms with E-state index in [1.54, 1.807) is 31.4 Å². The van der Waals surface area contributed by atoms with Gasteiger partial charge in [-0.15, -0.1) is 0 Å². The number of hydrogen-bond acceptors (Lipinski definition) is 8.